The van der Waals surface area contributed by atoms with Gasteiger partial charge in [0.25, 0.3) is 0 Å². The van der Waals surface area contributed by atoms with Crippen LogP contribution in [-0.2, 0) is 6.42 Å². The molecule has 0 saturated carbocycles. The third kappa shape index (κ3) is 2.39. The van der Waals surface area contributed by atoms with Crippen LogP contribution in [0.4, 0.5) is 0 Å². The van der Waals surface area contributed by atoms with Crippen molar-refractivity contribution >= 4 is 10.8 Å². The monoisotopic (exact) mass is 338 g/mol. The first-order chi connectivity index (χ1) is 12.8. The summed E-state index contributed by atoms with van der Waals surface area (Å²) >= 11 is 0. The van der Waals surface area contributed by atoms with E-state index in [0.29, 0.717) is 5.75 Å². The standard InChI is InChI=1S/C24H18O2/c25-15-26-20-11-10-16-12-19(9-8-17(16)13-20)22-6-3-7-23-21-5-2-1-4-18(21)14-24(22)23/h1-13,25H,14-15H2. The summed E-state index contributed by atoms with van der Waals surface area (Å²) in [5, 5.41) is 11.2. The minimum absolute atomic E-state index is 0.305. The van der Waals surface area contributed by atoms with Crippen molar-refractivity contribution in [2.45, 2.75) is 6.42 Å². The summed E-state index contributed by atoms with van der Waals surface area (Å²) in [7, 11) is 0. The second kappa shape index (κ2) is 6.01. The molecule has 126 valence electrons. The number of benzene rings is 4. The van der Waals surface area contributed by atoms with E-state index in [0.717, 1.165) is 11.8 Å². The Hall–Kier alpha value is -3.10. The highest BCUT2D eigenvalue weighted by Crippen LogP contribution is 2.41. The highest BCUT2D eigenvalue weighted by Gasteiger charge is 2.20. The Morgan fingerprint density at radius 3 is 2.42 bits per heavy atom. The lowest BCUT2D eigenvalue weighted by Gasteiger charge is -2.11. The number of aliphatic hydroxyl groups is 1. The normalized spacial score (nSPS) is 12.0. The second-order valence-corrected chi connectivity index (χ2v) is 6.66. The third-order valence-electron chi connectivity index (χ3n) is 5.20. The molecule has 4 aromatic carbocycles. The number of fused-ring (bicyclic) bond motifs is 4. The van der Waals surface area contributed by atoms with Crippen molar-refractivity contribution < 1.29 is 9.84 Å². The van der Waals surface area contributed by atoms with Gasteiger partial charge in [0.15, 0.2) is 6.79 Å². The minimum atomic E-state index is -0.305. The second-order valence-electron chi connectivity index (χ2n) is 6.66. The Bertz CT molecular complexity index is 1130. The highest BCUT2D eigenvalue weighted by molar-refractivity contribution is 5.91. The van der Waals surface area contributed by atoms with Gasteiger partial charge in [-0.1, -0.05) is 60.7 Å². The predicted molar refractivity (Wildman–Crippen MR) is 105 cm³/mol. The van der Waals surface area contributed by atoms with E-state index in [2.05, 4.69) is 60.7 Å². The predicted octanol–water partition coefficient (Wildman–Crippen LogP) is 5.41. The number of hydrogen-bond acceptors (Lipinski definition) is 2. The van der Waals surface area contributed by atoms with Gasteiger partial charge >= 0.3 is 0 Å². The number of hydrogen-bond donors (Lipinski definition) is 1. The fraction of sp³-hybridized carbons (Fsp3) is 0.0833. The average Bonchev–Trinajstić information content (AvgIpc) is 3.07. The molecule has 0 saturated heterocycles. The summed E-state index contributed by atoms with van der Waals surface area (Å²) in [6.07, 6.45) is 0.989. The average molecular weight is 338 g/mol. The number of aliphatic hydroxyl groups excluding tert-OH is 1. The van der Waals surface area contributed by atoms with Crippen molar-refractivity contribution in [3.8, 4) is 28.0 Å². The first-order valence-electron chi connectivity index (χ1n) is 8.81. The van der Waals surface area contributed by atoms with Gasteiger partial charge in [-0.25, -0.2) is 0 Å². The van der Waals surface area contributed by atoms with Gasteiger partial charge in [0.05, 0.1) is 0 Å². The Labute approximate surface area is 152 Å². The third-order valence-corrected chi connectivity index (χ3v) is 5.20. The lowest BCUT2D eigenvalue weighted by molar-refractivity contribution is 0.0987. The highest BCUT2D eigenvalue weighted by atomic mass is 16.6. The maximum atomic E-state index is 8.93. The summed E-state index contributed by atoms with van der Waals surface area (Å²) < 4.78 is 5.18. The fourth-order valence-corrected chi connectivity index (χ4v) is 3.98. The molecule has 0 amide bonds. The van der Waals surface area contributed by atoms with Crippen LogP contribution in [0.5, 0.6) is 5.75 Å². The molecule has 26 heavy (non-hydrogen) atoms. The molecular formula is C24H18O2. The van der Waals surface area contributed by atoms with Crippen molar-refractivity contribution in [3.05, 3.63) is 90.0 Å². The van der Waals surface area contributed by atoms with E-state index in [9.17, 15) is 0 Å². The zero-order valence-electron chi connectivity index (χ0n) is 14.3. The van der Waals surface area contributed by atoms with Gasteiger partial charge in [-0.15, -0.1) is 0 Å². The Balaban J connectivity index is 1.62. The van der Waals surface area contributed by atoms with E-state index in [-0.39, 0.29) is 6.79 Å². The topological polar surface area (TPSA) is 29.5 Å². The van der Waals surface area contributed by atoms with Gasteiger partial charge < -0.3 is 9.84 Å². The zero-order chi connectivity index (χ0) is 17.5. The van der Waals surface area contributed by atoms with Crippen LogP contribution in [0.3, 0.4) is 0 Å². The fourth-order valence-electron chi connectivity index (χ4n) is 3.98. The van der Waals surface area contributed by atoms with E-state index in [1.54, 1.807) is 0 Å². The van der Waals surface area contributed by atoms with Crippen molar-refractivity contribution in [3.63, 3.8) is 0 Å². The van der Waals surface area contributed by atoms with Crippen LogP contribution in [0.2, 0.25) is 0 Å². The van der Waals surface area contributed by atoms with E-state index in [1.807, 2.05) is 18.2 Å². The Kier molecular flexibility index (Phi) is 3.51. The van der Waals surface area contributed by atoms with E-state index >= 15 is 0 Å². The molecule has 2 heteroatoms. The molecule has 5 rings (SSSR count). The number of ether oxygens (including phenoxy) is 1. The molecular weight excluding hydrogens is 320 g/mol. The lowest BCUT2D eigenvalue weighted by atomic mass is 9.94. The van der Waals surface area contributed by atoms with Gasteiger partial charge in [0.2, 0.25) is 0 Å². The summed E-state index contributed by atoms with van der Waals surface area (Å²) in [5.74, 6) is 0.684. The quantitative estimate of drug-likeness (QED) is 0.446. The summed E-state index contributed by atoms with van der Waals surface area (Å²) in [6, 6.07) is 27.7. The number of rotatable bonds is 3. The van der Waals surface area contributed by atoms with Gasteiger partial charge in [0, 0.05) is 0 Å². The van der Waals surface area contributed by atoms with Crippen molar-refractivity contribution in [1.82, 2.24) is 0 Å². The first kappa shape index (κ1) is 15.2. The molecule has 2 nitrogen and oxygen atoms in total. The van der Waals surface area contributed by atoms with Crippen LogP contribution in [0, 0.1) is 0 Å². The minimum Gasteiger partial charge on any atom is -0.468 e. The molecule has 0 heterocycles. The van der Waals surface area contributed by atoms with Gasteiger partial charge in [-0.05, 0) is 68.8 Å². The van der Waals surface area contributed by atoms with Crippen LogP contribution in [0.25, 0.3) is 33.0 Å². The first-order valence-corrected chi connectivity index (χ1v) is 8.81. The maximum Gasteiger partial charge on any atom is 0.186 e. The molecule has 0 spiro atoms. The molecule has 1 N–H and O–H groups in total. The molecule has 0 radical (unpaired) electrons. The molecule has 1 aliphatic carbocycles. The van der Waals surface area contributed by atoms with Crippen LogP contribution < -0.4 is 4.74 Å². The van der Waals surface area contributed by atoms with Crippen molar-refractivity contribution in [2.75, 3.05) is 6.79 Å². The van der Waals surface area contributed by atoms with Crippen molar-refractivity contribution in [2.24, 2.45) is 0 Å². The smallest absolute Gasteiger partial charge is 0.186 e. The Morgan fingerprint density at radius 2 is 1.50 bits per heavy atom. The lowest BCUT2D eigenvalue weighted by Crippen LogP contribution is -1.94. The van der Waals surface area contributed by atoms with Gasteiger partial charge in [-0.3, -0.25) is 0 Å². The van der Waals surface area contributed by atoms with E-state index < -0.39 is 0 Å². The van der Waals surface area contributed by atoms with E-state index in [4.69, 9.17) is 9.84 Å². The van der Waals surface area contributed by atoms with Crippen LogP contribution in [0.15, 0.2) is 78.9 Å². The largest absolute Gasteiger partial charge is 0.468 e. The molecule has 0 aliphatic heterocycles. The SMILES string of the molecule is OCOc1ccc2cc(-c3cccc4c3Cc3ccccc3-4)ccc2c1. The van der Waals surface area contributed by atoms with Crippen LogP contribution in [0.1, 0.15) is 11.1 Å². The van der Waals surface area contributed by atoms with Crippen LogP contribution >= 0.6 is 0 Å². The van der Waals surface area contributed by atoms with Crippen LogP contribution in [-0.4, -0.2) is 11.9 Å². The van der Waals surface area contributed by atoms with Gasteiger partial charge in [0.1, 0.15) is 5.75 Å². The molecule has 0 bridgehead atoms. The maximum absolute atomic E-state index is 8.93. The molecule has 0 fully saturated rings. The molecule has 0 unspecified atom stereocenters. The Morgan fingerprint density at radius 1 is 0.731 bits per heavy atom. The molecule has 4 aromatic rings. The van der Waals surface area contributed by atoms with Crippen molar-refractivity contribution in [1.29, 1.82) is 0 Å². The summed E-state index contributed by atoms with van der Waals surface area (Å²) in [4.78, 5) is 0. The zero-order valence-corrected chi connectivity index (χ0v) is 14.3. The molecule has 0 aromatic heterocycles. The van der Waals surface area contributed by atoms with Gasteiger partial charge in [-0.2, -0.15) is 0 Å². The summed E-state index contributed by atoms with van der Waals surface area (Å²) in [6.45, 7) is -0.305. The van der Waals surface area contributed by atoms with E-state index in [1.165, 1.54) is 38.8 Å². The molecule has 1 aliphatic rings. The molecule has 0 atom stereocenters. The summed E-state index contributed by atoms with van der Waals surface area (Å²) in [5.41, 5.74) is 8.06.